The largest absolute Gasteiger partial charge is 0.386 e. The van der Waals surface area contributed by atoms with E-state index in [2.05, 4.69) is 24.3 Å². The molecule has 0 aromatic carbocycles. The van der Waals surface area contributed by atoms with Crippen LogP contribution in [0.5, 0.6) is 0 Å². The molecule has 0 aliphatic heterocycles. The van der Waals surface area contributed by atoms with Crippen LogP contribution in [-0.4, -0.2) is 19.1 Å². The van der Waals surface area contributed by atoms with Gasteiger partial charge in [0.1, 0.15) is 0 Å². The van der Waals surface area contributed by atoms with Gasteiger partial charge in [0.15, 0.2) is 0 Å². The molecule has 70 valence electrons. The Balaban J connectivity index is 2.21. The number of rotatable bonds is 3. The maximum atomic E-state index is 3.86. The highest BCUT2D eigenvalue weighted by atomic mass is 14.9. The van der Waals surface area contributed by atoms with Crippen molar-refractivity contribution >= 4 is 0 Å². The molecule has 0 amide bonds. The Hall–Kier alpha value is -0.500. The summed E-state index contributed by atoms with van der Waals surface area (Å²) in [6.45, 7) is 5.89. The summed E-state index contributed by atoms with van der Waals surface area (Å²) in [6.07, 6.45) is 5.14. The van der Waals surface area contributed by atoms with Crippen molar-refractivity contribution in [2.24, 2.45) is 0 Å². The summed E-state index contributed by atoms with van der Waals surface area (Å²) in [5, 5.41) is 6.73. The number of nitrogens with one attached hydrogen (secondary N) is 2. The van der Waals surface area contributed by atoms with Gasteiger partial charge in [-0.1, -0.05) is 6.58 Å². The van der Waals surface area contributed by atoms with Gasteiger partial charge in [-0.3, -0.25) is 0 Å². The van der Waals surface area contributed by atoms with E-state index >= 15 is 0 Å². The summed E-state index contributed by atoms with van der Waals surface area (Å²) in [7, 11) is 2.05. The fourth-order valence-electron chi connectivity index (χ4n) is 1.87. The van der Waals surface area contributed by atoms with Crippen molar-refractivity contribution in [2.45, 2.75) is 44.7 Å². The molecule has 0 saturated heterocycles. The predicted octanol–water partition coefficient (Wildman–Crippen LogP) is 1.64. The molecule has 0 aromatic rings. The summed E-state index contributed by atoms with van der Waals surface area (Å²) < 4.78 is 0. The molecule has 2 heteroatoms. The van der Waals surface area contributed by atoms with Gasteiger partial charge in [0.25, 0.3) is 0 Å². The SMILES string of the molecule is C=C(C)NC1CCC(NC)CC1. The second-order valence-electron chi connectivity index (χ2n) is 3.76. The molecular weight excluding hydrogens is 148 g/mol. The normalized spacial score (nSPS) is 29.8. The van der Waals surface area contributed by atoms with E-state index in [1.807, 2.05) is 6.92 Å². The molecule has 1 aliphatic rings. The van der Waals surface area contributed by atoms with Crippen LogP contribution in [-0.2, 0) is 0 Å². The van der Waals surface area contributed by atoms with Crippen LogP contribution in [0.3, 0.4) is 0 Å². The van der Waals surface area contributed by atoms with Gasteiger partial charge in [-0.25, -0.2) is 0 Å². The fourth-order valence-corrected chi connectivity index (χ4v) is 1.87. The van der Waals surface area contributed by atoms with Crippen molar-refractivity contribution in [3.8, 4) is 0 Å². The molecule has 0 radical (unpaired) electrons. The van der Waals surface area contributed by atoms with Crippen molar-refractivity contribution in [3.63, 3.8) is 0 Å². The minimum atomic E-state index is 0.673. The Morgan fingerprint density at radius 1 is 1.17 bits per heavy atom. The average molecular weight is 168 g/mol. The number of allylic oxidation sites excluding steroid dienone is 1. The van der Waals surface area contributed by atoms with E-state index in [0.29, 0.717) is 6.04 Å². The van der Waals surface area contributed by atoms with Crippen molar-refractivity contribution < 1.29 is 0 Å². The Labute approximate surface area is 75.4 Å². The maximum absolute atomic E-state index is 3.86. The second kappa shape index (κ2) is 4.51. The maximum Gasteiger partial charge on any atom is 0.0259 e. The molecule has 1 saturated carbocycles. The first-order valence-corrected chi connectivity index (χ1v) is 4.81. The highest BCUT2D eigenvalue weighted by molar-refractivity contribution is 4.91. The zero-order valence-corrected chi connectivity index (χ0v) is 8.19. The molecule has 2 N–H and O–H groups in total. The van der Waals surface area contributed by atoms with Crippen LogP contribution in [0.4, 0.5) is 0 Å². The molecular formula is C10H20N2. The van der Waals surface area contributed by atoms with Crippen molar-refractivity contribution in [1.82, 2.24) is 10.6 Å². The second-order valence-corrected chi connectivity index (χ2v) is 3.76. The van der Waals surface area contributed by atoms with Crippen molar-refractivity contribution in [2.75, 3.05) is 7.05 Å². The molecule has 2 nitrogen and oxygen atoms in total. The lowest BCUT2D eigenvalue weighted by atomic mass is 9.91. The fraction of sp³-hybridized carbons (Fsp3) is 0.800. The van der Waals surface area contributed by atoms with Crippen LogP contribution in [0.2, 0.25) is 0 Å². The average Bonchev–Trinajstić information content (AvgIpc) is 2.05. The number of hydrogen-bond donors (Lipinski definition) is 2. The van der Waals surface area contributed by atoms with E-state index in [1.54, 1.807) is 0 Å². The lowest BCUT2D eigenvalue weighted by Gasteiger charge is -2.29. The zero-order chi connectivity index (χ0) is 8.97. The quantitative estimate of drug-likeness (QED) is 0.669. The molecule has 0 aromatic heterocycles. The van der Waals surface area contributed by atoms with Gasteiger partial charge < -0.3 is 10.6 Å². The van der Waals surface area contributed by atoms with Crippen LogP contribution in [0.25, 0.3) is 0 Å². The molecule has 1 aliphatic carbocycles. The summed E-state index contributed by atoms with van der Waals surface area (Å²) in [4.78, 5) is 0. The van der Waals surface area contributed by atoms with E-state index in [-0.39, 0.29) is 0 Å². The standard InChI is InChI=1S/C10H20N2/c1-8(2)12-10-6-4-9(11-3)5-7-10/h9-12H,1,4-7H2,2-3H3. The molecule has 0 bridgehead atoms. The molecule has 12 heavy (non-hydrogen) atoms. The van der Waals surface area contributed by atoms with E-state index in [1.165, 1.54) is 25.7 Å². The minimum Gasteiger partial charge on any atom is -0.386 e. The van der Waals surface area contributed by atoms with Crippen LogP contribution in [0.1, 0.15) is 32.6 Å². The molecule has 0 atom stereocenters. The van der Waals surface area contributed by atoms with Gasteiger partial charge in [-0.2, -0.15) is 0 Å². The predicted molar refractivity (Wildman–Crippen MR) is 53.1 cm³/mol. The van der Waals surface area contributed by atoms with E-state index in [4.69, 9.17) is 0 Å². The lowest BCUT2D eigenvalue weighted by molar-refractivity contribution is 0.332. The van der Waals surface area contributed by atoms with Crippen LogP contribution in [0, 0.1) is 0 Å². The van der Waals surface area contributed by atoms with Gasteiger partial charge in [0.2, 0.25) is 0 Å². The minimum absolute atomic E-state index is 0.673. The lowest BCUT2D eigenvalue weighted by Crippen LogP contribution is -2.37. The van der Waals surface area contributed by atoms with Crippen LogP contribution >= 0.6 is 0 Å². The van der Waals surface area contributed by atoms with Crippen molar-refractivity contribution in [3.05, 3.63) is 12.3 Å². The summed E-state index contributed by atoms with van der Waals surface area (Å²) in [5.41, 5.74) is 1.10. The smallest absolute Gasteiger partial charge is 0.0259 e. The highest BCUT2D eigenvalue weighted by Crippen LogP contribution is 2.18. The molecule has 0 spiro atoms. The Kier molecular flexibility index (Phi) is 3.60. The Morgan fingerprint density at radius 3 is 2.08 bits per heavy atom. The third-order valence-corrected chi connectivity index (χ3v) is 2.59. The molecule has 0 unspecified atom stereocenters. The van der Waals surface area contributed by atoms with Gasteiger partial charge >= 0.3 is 0 Å². The zero-order valence-electron chi connectivity index (χ0n) is 8.19. The van der Waals surface area contributed by atoms with Gasteiger partial charge in [0.05, 0.1) is 0 Å². The van der Waals surface area contributed by atoms with Gasteiger partial charge in [-0.05, 0) is 39.7 Å². The molecule has 1 rings (SSSR count). The van der Waals surface area contributed by atoms with Crippen molar-refractivity contribution in [1.29, 1.82) is 0 Å². The van der Waals surface area contributed by atoms with Crippen LogP contribution < -0.4 is 10.6 Å². The first-order valence-electron chi connectivity index (χ1n) is 4.81. The molecule has 1 fully saturated rings. The topological polar surface area (TPSA) is 24.1 Å². The van der Waals surface area contributed by atoms with E-state index < -0.39 is 0 Å². The first-order chi connectivity index (χ1) is 5.72. The molecule has 0 heterocycles. The third kappa shape index (κ3) is 2.86. The van der Waals surface area contributed by atoms with E-state index in [0.717, 1.165) is 11.7 Å². The first kappa shape index (κ1) is 9.59. The van der Waals surface area contributed by atoms with Gasteiger partial charge in [-0.15, -0.1) is 0 Å². The van der Waals surface area contributed by atoms with Crippen LogP contribution in [0.15, 0.2) is 12.3 Å². The Morgan fingerprint density at radius 2 is 1.67 bits per heavy atom. The summed E-state index contributed by atoms with van der Waals surface area (Å²) in [5.74, 6) is 0. The van der Waals surface area contributed by atoms with Gasteiger partial charge in [0, 0.05) is 17.8 Å². The highest BCUT2D eigenvalue weighted by Gasteiger charge is 2.18. The summed E-state index contributed by atoms with van der Waals surface area (Å²) >= 11 is 0. The Bertz CT molecular complexity index is 146. The monoisotopic (exact) mass is 168 g/mol. The van der Waals surface area contributed by atoms with E-state index in [9.17, 15) is 0 Å². The number of hydrogen-bond acceptors (Lipinski definition) is 2. The summed E-state index contributed by atoms with van der Waals surface area (Å²) in [6, 6.07) is 1.42. The third-order valence-electron chi connectivity index (χ3n) is 2.59.